The molecule has 1 unspecified atom stereocenters. The summed E-state index contributed by atoms with van der Waals surface area (Å²) in [4.78, 5) is 14.8. The maximum atomic E-state index is 13.7. The quantitative estimate of drug-likeness (QED) is 0.733. The van der Waals surface area contributed by atoms with Crippen molar-refractivity contribution in [3.8, 4) is 0 Å². The fourth-order valence-electron chi connectivity index (χ4n) is 1.66. The molecule has 1 aliphatic heterocycles. The number of nitrogens with two attached hydrogens (primary N) is 1. The second-order valence-corrected chi connectivity index (χ2v) is 3.75. The molecule has 3 N–H and O–H groups in total. The predicted molar refractivity (Wildman–Crippen MR) is 54.8 cm³/mol. The van der Waals surface area contributed by atoms with Gasteiger partial charge >= 0.3 is 11.6 Å². The summed E-state index contributed by atoms with van der Waals surface area (Å²) in [6.07, 6.45) is -4.65. The Balaban J connectivity index is 2.42. The van der Waals surface area contributed by atoms with Gasteiger partial charge in [0, 0.05) is 13.3 Å². The van der Waals surface area contributed by atoms with E-state index in [1.165, 1.54) is 6.07 Å². The second kappa shape index (κ2) is 4.26. The summed E-state index contributed by atoms with van der Waals surface area (Å²) in [5.74, 6) is -3.77. The molecule has 2 heterocycles. The van der Waals surface area contributed by atoms with E-state index in [1.54, 1.807) is 0 Å². The minimum absolute atomic E-state index is 0.0959. The molecule has 0 radical (unpaired) electrons. The van der Waals surface area contributed by atoms with Crippen molar-refractivity contribution in [2.24, 2.45) is 0 Å². The highest BCUT2D eigenvalue weighted by Crippen LogP contribution is 2.42. The van der Waals surface area contributed by atoms with Crippen LogP contribution in [0.25, 0.3) is 0 Å². The number of nitrogens with zero attached hydrogens (tertiary/aromatic N) is 2. The molecular weight excluding hydrogens is 252 g/mol. The number of hydrogen-bond donors (Lipinski definition) is 2. The number of halogens is 2. The fourth-order valence-corrected chi connectivity index (χ4v) is 1.66. The summed E-state index contributed by atoms with van der Waals surface area (Å²) in [6, 6.07) is 1.17. The van der Waals surface area contributed by atoms with Crippen LogP contribution in [-0.4, -0.2) is 40.1 Å². The summed E-state index contributed by atoms with van der Waals surface area (Å²) in [7, 11) is 1.11. The summed E-state index contributed by atoms with van der Waals surface area (Å²) < 4.78 is 37.4. The van der Waals surface area contributed by atoms with Gasteiger partial charge in [0.15, 0.2) is 12.4 Å². The SMILES string of the molecule is CO[C@H]1O[C@@H](n2ccc(N)nc2=O)C(F)(F)C1O. The van der Waals surface area contributed by atoms with Crippen LogP contribution in [0, 0.1) is 0 Å². The Bertz CT molecular complexity index is 507. The van der Waals surface area contributed by atoms with Gasteiger partial charge in [0.2, 0.25) is 6.23 Å². The van der Waals surface area contributed by atoms with Crippen LogP contribution in [0.4, 0.5) is 14.6 Å². The van der Waals surface area contributed by atoms with Gasteiger partial charge in [-0.25, -0.2) is 4.79 Å². The number of nitrogen functional groups attached to an aromatic ring is 1. The first-order valence-corrected chi connectivity index (χ1v) is 4.96. The van der Waals surface area contributed by atoms with Crippen LogP contribution in [-0.2, 0) is 9.47 Å². The zero-order valence-electron chi connectivity index (χ0n) is 9.29. The average Bonchev–Trinajstić information content (AvgIpc) is 2.52. The molecule has 1 aliphatic rings. The minimum atomic E-state index is -3.68. The Kier molecular flexibility index (Phi) is 3.05. The first-order valence-electron chi connectivity index (χ1n) is 4.96. The van der Waals surface area contributed by atoms with Crippen molar-refractivity contribution in [3.05, 3.63) is 22.7 Å². The van der Waals surface area contributed by atoms with Crippen LogP contribution < -0.4 is 11.4 Å². The highest BCUT2D eigenvalue weighted by molar-refractivity contribution is 5.23. The number of hydrogen-bond acceptors (Lipinski definition) is 6. The van der Waals surface area contributed by atoms with E-state index in [2.05, 4.69) is 9.72 Å². The normalized spacial score (nSPS) is 30.6. The molecule has 2 rings (SSSR count). The Morgan fingerprint density at radius 3 is 2.83 bits per heavy atom. The number of rotatable bonds is 2. The highest BCUT2D eigenvalue weighted by Gasteiger charge is 2.60. The summed E-state index contributed by atoms with van der Waals surface area (Å²) in [5.41, 5.74) is 4.25. The molecule has 3 atom stereocenters. The molecular formula is C9H11F2N3O4. The third-order valence-electron chi connectivity index (χ3n) is 2.58. The van der Waals surface area contributed by atoms with Crippen molar-refractivity contribution in [2.75, 3.05) is 12.8 Å². The molecule has 1 aromatic rings. The lowest BCUT2D eigenvalue weighted by molar-refractivity contribution is -0.163. The standard InChI is InChI=1S/C9H11F2N3O4/c1-17-6-5(15)9(10,11)7(18-6)14-3-2-4(12)13-8(14)16/h2-3,5-7,15H,1H3,(H2,12,13,16)/t5?,6-,7+/m0/s1. The van der Waals surface area contributed by atoms with E-state index in [4.69, 9.17) is 10.5 Å². The lowest BCUT2D eigenvalue weighted by atomic mass is 10.2. The number of alkyl halides is 2. The van der Waals surface area contributed by atoms with Crippen molar-refractivity contribution in [1.29, 1.82) is 0 Å². The van der Waals surface area contributed by atoms with E-state index in [0.29, 0.717) is 4.57 Å². The Labute approximate surface area is 99.8 Å². The van der Waals surface area contributed by atoms with Gasteiger partial charge in [-0.2, -0.15) is 13.8 Å². The second-order valence-electron chi connectivity index (χ2n) is 3.75. The van der Waals surface area contributed by atoms with E-state index in [-0.39, 0.29) is 5.82 Å². The van der Waals surface area contributed by atoms with Gasteiger partial charge in [0.25, 0.3) is 0 Å². The van der Waals surface area contributed by atoms with E-state index >= 15 is 0 Å². The lowest BCUT2D eigenvalue weighted by Gasteiger charge is -2.20. The Morgan fingerprint density at radius 1 is 1.67 bits per heavy atom. The Morgan fingerprint density at radius 2 is 2.33 bits per heavy atom. The van der Waals surface area contributed by atoms with Gasteiger partial charge < -0.3 is 20.3 Å². The largest absolute Gasteiger partial charge is 0.383 e. The average molecular weight is 263 g/mol. The van der Waals surface area contributed by atoms with Crippen LogP contribution in [0.15, 0.2) is 17.1 Å². The molecule has 18 heavy (non-hydrogen) atoms. The number of anilines is 1. The van der Waals surface area contributed by atoms with E-state index in [9.17, 15) is 18.7 Å². The third-order valence-corrected chi connectivity index (χ3v) is 2.58. The van der Waals surface area contributed by atoms with Crippen LogP contribution in [0.5, 0.6) is 0 Å². The third kappa shape index (κ3) is 1.85. The van der Waals surface area contributed by atoms with Gasteiger partial charge in [0.1, 0.15) is 5.82 Å². The first-order chi connectivity index (χ1) is 8.37. The van der Waals surface area contributed by atoms with Crippen molar-refractivity contribution in [2.45, 2.75) is 24.5 Å². The van der Waals surface area contributed by atoms with Crippen molar-refractivity contribution >= 4 is 5.82 Å². The van der Waals surface area contributed by atoms with E-state index in [1.807, 2.05) is 0 Å². The molecule has 1 aromatic heterocycles. The van der Waals surface area contributed by atoms with Gasteiger partial charge in [-0.3, -0.25) is 4.57 Å². The van der Waals surface area contributed by atoms with E-state index < -0.39 is 30.2 Å². The number of ether oxygens (including phenoxy) is 2. The monoisotopic (exact) mass is 263 g/mol. The van der Waals surface area contributed by atoms with Gasteiger partial charge in [-0.15, -0.1) is 0 Å². The highest BCUT2D eigenvalue weighted by atomic mass is 19.3. The number of aliphatic hydroxyl groups excluding tert-OH is 1. The summed E-state index contributed by atoms with van der Waals surface area (Å²) in [5, 5.41) is 9.33. The summed E-state index contributed by atoms with van der Waals surface area (Å²) >= 11 is 0. The number of aliphatic hydroxyl groups is 1. The molecule has 0 amide bonds. The zero-order valence-corrected chi connectivity index (χ0v) is 9.29. The van der Waals surface area contributed by atoms with Gasteiger partial charge in [0.05, 0.1) is 0 Å². The van der Waals surface area contributed by atoms with Crippen LogP contribution in [0.3, 0.4) is 0 Å². The van der Waals surface area contributed by atoms with Crippen LogP contribution in [0.2, 0.25) is 0 Å². The fraction of sp³-hybridized carbons (Fsp3) is 0.556. The van der Waals surface area contributed by atoms with Gasteiger partial charge in [-0.05, 0) is 6.07 Å². The van der Waals surface area contributed by atoms with Crippen LogP contribution >= 0.6 is 0 Å². The van der Waals surface area contributed by atoms with Gasteiger partial charge in [-0.1, -0.05) is 0 Å². The number of methoxy groups -OCH3 is 1. The maximum Gasteiger partial charge on any atom is 0.351 e. The summed E-state index contributed by atoms with van der Waals surface area (Å²) in [6.45, 7) is 0. The first kappa shape index (κ1) is 12.9. The predicted octanol–water partition coefficient (Wildman–Crippen LogP) is -0.677. The molecule has 0 bridgehead atoms. The lowest BCUT2D eigenvalue weighted by Crippen LogP contribution is -2.41. The molecule has 1 fully saturated rings. The van der Waals surface area contributed by atoms with E-state index in [0.717, 1.165) is 13.3 Å². The topological polar surface area (TPSA) is 99.6 Å². The molecule has 0 aliphatic carbocycles. The zero-order chi connectivity index (χ0) is 13.5. The van der Waals surface area contributed by atoms with Crippen molar-refractivity contribution < 1.29 is 23.4 Å². The smallest absolute Gasteiger partial charge is 0.351 e. The molecule has 0 spiro atoms. The van der Waals surface area contributed by atoms with Crippen molar-refractivity contribution in [3.63, 3.8) is 0 Å². The molecule has 7 nitrogen and oxygen atoms in total. The molecule has 1 saturated heterocycles. The number of aromatic nitrogens is 2. The molecule has 9 heteroatoms. The van der Waals surface area contributed by atoms with Crippen LogP contribution in [0.1, 0.15) is 6.23 Å². The maximum absolute atomic E-state index is 13.7. The molecule has 0 aromatic carbocycles. The minimum Gasteiger partial charge on any atom is -0.383 e. The Hall–Kier alpha value is -1.58. The molecule has 100 valence electrons. The molecule has 0 saturated carbocycles. The van der Waals surface area contributed by atoms with Crippen molar-refractivity contribution in [1.82, 2.24) is 9.55 Å².